The summed E-state index contributed by atoms with van der Waals surface area (Å²) in [5.41, 5.74) is 0.307. The van der Waals surface area contributed by atoms with Gasteiger partial charge in [0.15, 0.2) is 0 Å². The molecule has 88 valence electrons. The van der Waals surface area contributed by atoms with Gasteiger partial charge in [-0.3, -0.25) is 0 Å². The fourth-order valence-corrected chi connectivity index (χ4v) is 1.06. The van der Waals surface area contributed by atoms with Gasteiger partial charge < -0.3 is 9.47 Å². The van der Waals surface area contributed by atoms with Crippen LogP contribution in [0.3, 0.4) is 0 Å². The van der Waals surface area contributed by atoms with Gasteiger partial charge in [0.25, 0.3) is 0 Å². The van der Waals surface area contributed by atoms with Gasteiger partial charge in [0.05, 0.1) is 5.56 Å². The van der Waals surface area contributed by atoms with E-state index in [2.05, 4.69) is 4.74 Å². The summed E-state index contributed by atoms with van der Waals surface area (Å²) in [6.07, 6.45) is 0. The minimum atomic E-state index is -0.705. The van der Waals surface area contributed by atoms with Gasteiger partial charge >= 0.3 is 5.97 Å². The van der Waals surface area contributed by atoms with Crippen LogP contribution < -0.4 is 4.74 Å². The lowest BCUT2D eigenvalue weighted by atomic mass is 10.2. The van der Waals surface area contributed by atoms with E-state index in [0.717, 1.165) is 0 Å². The van der Waals surface area contributed by atoms with Crippen molar-refractivity contribution in [3.05, 3.63) is 29.8 Å². The van der Waals surface area contributed by atoms with E-state index in [1.807, 2.05) is 0 Å². The Balaban J connectivity index is 2.53. The molecule has 0 atom stereocenters. The molecule has 0 amide bonds. The van der Waals surface area contributed by atoms with Crippen molar-refractivity contribution < 1.29 is 23.0 Å². The van der Waals surface area contributed by atoms with Gasteiger partial charge in [-0.2, -0.15) is 0 Å². The Labute approximate surface area is 92.0 Å². The standard InChI is InChI=1S/C11H12F2O3/c12-5-7-15-10-3-1-9(2-4-10)11(14)16-8-6-13/h1-4H,5-8H2. The van der Waals surface area contributed by atoms with Crippen molar-refractivity contribution >= 4 is 5.97 Å². The molecule has 0 bridgehead atoms. The molecule has 0 aromatic heterocycles. The van der Waals surface area contributed by atoms with Crippen LogP contribution in [0.4, 0.5) is 8.78 Å². The molecule has 0 unspecified atom stereocenters. The average Bonchev–Trinajstić information content (AvgIpc) is 2.34. The summed E-state index contributed by atoms with van der Waals surface area (Å²) in [5.74, 6) is -0.116. The predicted molar refractivity (Wildman–Crippen MR) is 54.2 cm³/mol. The number of rotatable bonds is 6. The zero-order valence-corrected chi connectivity index (χ0v) is 8.62. The monoisotopic (exact) mass is 230 g/mol. The third-order valence-electron chi connectivity index (χ3n) is 1.75. The lowest BCUT2D eigenvalue weighted by molar-refractivity contribution is 0.0481. The molecule has 3 nitrogen and oxygen atoms in total. The molecule has 0 saturated carbocycles. The molecule has 0 fully saturated rings. The van der Waals surface area contributed by atoms with Crippen LogP contribution in [0.15, 0.2) is 24.3 Å². The number of esters is 1. The Kier molecular flexibility index (Phi) is 5.25. The Morgan fingerprint density at radius 1 is 1.06 bits per heavy atom. The molecule has 1 rings (SSSR count). The van der Waals surface area contributed by atoms with E-state index in [0.29, 0.717) is 11.3 Å². The Bertz CT molecular complexity index is 325. The molecule has 0 N–H and O–H groups in total. The van der Waals surface area contributed by atoms with Gasteiger partial charge in [0.1, 0.15) is 32.3 Å². The topological polar surface area (TPSA) is 35.5 Å². The number of halogens is 2. The molecule has 16 heavy (non-hydrogen) atoms. The molecule has 0 spiro atoms. The first-order chi connectivity index (χ1) is 7.77. The van der Waals surface area contributed by atoms with Gasteiger partial charge in [-0.05, 0) is 24.3 Å². The molecule has 0 aliphatic heterocycles. The minimum Gasteiger partial charge on any atom is -0.491 e. The summed E-state index contributed by atoms with van der Waals surface area (Å²) in [6.45, 7) is -1.55. The maximum Gasteiger partial charge on any atom is 0.338 e. The predicted octanol–water partition coefficient (Wildman–Crippen LogP) is 2.16. The largest absolute Gasteiger partial charge is 0.491 e. The van der Waals surface area contributed by atoms with Crippen LogP contribution in [-0.4, -0.2) is 32.5 Å². The van der Waals surface area contributed by atoms with E-state index in [9.17, 15) is 13.6 Å². The quantitative estimate of drug-likeness (QED) is 0.702. The highest BCUT2D eigenvalue weighted by molar-refractivity contribution is 5.89. The second-order valence-electron chi connectivity index (χ2n) is 2.89. The zero-order chi connectivity index (χ0) is 11.8. The van der Waals surface area contributed by atoms with Crippen molar-refractivity contribution in [1.29, 1.82) is 0 Å². The first kappa shape index (κ1) is 12.4. The second kappa shape index (κ2) is 6.76. The van der Waals surface area contributed by atoms with Gasteiger partial charge in [-0.15, -0.1) is 0 Å². The lowest BCUT2D eigenvalue weighted by Crippen LogP contribution is -2.07. The van der Waals surface area contributed by atoms with Crippen LogP contribution >= 0.6 is 0 Å². The number of carbonyl (C=O) groups is 1. The maximum absolute atomic E-state index is 11.8. The summed E-state index contributed by atoms with van der Waals surface area (Å²) < 4.78 is 33.1. The van der Waals surface area contributed by atoms with Gasteiger partial charge in [-0.25, -0.2) is 13.6 Å². The number of ether oxygens (including phenoxy) is 2. The Hall–Kier alpha value is -1.65. The third kappa shape index (κ3) is 3.84. The van der Waals surface area contributed by atoms with Crippen LogP contribution in [0.25, 0.3) is 0 Å². The van der Waals surface area contributed by atoms with E-state index in [-0.39, 0.29) is 13.2 Å². The first-order valence-electron chi connectivity index (χ1n) is 4.80. The van der Waals surface area contributed by atoms with Crippen molar-refractivity contribution in [2.45, 2.75) is 0 Å². The molecular weight excluding hydrogens is 218 g/mol. The summed E-state index contributed by atoms with van der Waals surface area (Å²) >= 11 is 0. The zero-order valence-electron chi connectivity index (χ0n) is 8.62. The molecule has 5 heteroatoms. The number of hydrogen-bond donors (Lipinski definition) is 0. The van der Waals surface area contributed by atoms with Crippen molar-refractivity contribution in [1.82, 2.24) is 0 Å². The molecule has 0 heterocycles. The number of carbonyl (C=O) groups excluding carboxylic acids is 1. The summed E-state index contributed by atoms with van der Waals surface area (Å²) in [5, 5.41) is 0. The lowest BCUT2D eigenvalue weighted by Gasteiger charge is -2.05. The summed E-state index contributed by atoms with van der Waals surface area (Å²) in [6, 6.07) is 6.02. The Morgan fingerprint density at radius 2 is 1.69 bits per heavy atom. The summed E-state index contributed by atoms with van der Waals surface area (Å²) in [4.78, 5) is 11.2. The maximum atomic E-state index is 11.8. The first-order valence-corrected chi connectivity index (χ1v) is 4.80. The molecule has 0 saturated heterocycles. The second-order valence-corrected chi connectivity index (χ2v) is 2.89. The van der Waals surface area contributed by atoms with Gasteiger partial charge in [-0.1, -0.05) is 0 Å². The Morgan fingerprint density at radius 3 is 2.25 bits per heavy atom. The van der Waals surface area contributed by atoms with Crippen LogP contribution in [0, 0.1) is 0 Å². The van der Waals surface area contributed by atoms with Crippen LogP contribution in [0.2, 0.25) is 0 Å². The van der Waals surface area contributed by atoms with Gasteiger partial charge in [0, 0.05) is 0 Å². The third-order valence-corrected chi connectivity index (χ3v) is 1.75. The molecule has 0 radical (unpaired) electrons. The van der Waals surface area contributed by atoms with Crippen molar-refractivity contribution in [2.75, 3.05) is 26.6 Å². The highest BCUT2D eigenvalue weighted by Gasteiger charge is 2.06. The van der Waals surface area contributed by atoms with Crippen molar-refractivity contribution in [3.63, 3.8) is 0 Å². The van der Waals surface area contributed by atoms with E-state index >= 15 is 0 Å². The number of hydrogen-bond acceptors (Lipinski definition) is 3. The minimum absolute atomic E-state index is 0.0222. The molecule has 0 aliphatic rings. The van der Waals surface area contributed by atoms with E-state index < -0.39 is 19.3 Å². The van der Waals surface area contributed by atoms with E-state index in [1.54, 1.807) is 0 Å². The SMILES string of the molecule is O=C(OCCF)c1ccc(OCCF)cc1. The van der Waals surface area contributed by atoms with Crippen LogP contribution in [0.1, 0.15) is 10.4 Å². The van der Waals surface area contributed by atoms with Crippen LogP contribution in [-0.2, 0) is 4.74 Å². The van der Waals surface area contributed by atoms with E-state index in [1.165, 1.54) is 24.3 Å². The van der Waals surface area contributed by atoms with Gasteiger partial charge in [0.2, 0.25) is 0 Å². The highest BCUT2D eigenvalue weighted by atomic mass is 19.1. The average molecular weight is 230 g/mol. The molecular formula is C11H12F2O3. The van der Waals surface area contributed by atoms with Crippen molar-refractivity contribution in [3.8, 4) is 5.75 Å². The highest BCUT2D eigenvalue weighted by Crippen LogP contribution is 2.12. The normalized spacial score (nSPS) is 9.88. The van der Waals surface area contributed by atoms with Crippen molar-refractivity contribution in [2.24, 2.45) is 0 Å². The fourth-order valence-electron chi connectivity index (χ4n) is 1.06. The fraction of sp³-hybridized carbons (Fsp3) is 0.364. The van der Waals surface area contributed by atoms with Crippen LogP contribution in [0.5, 0.6) is 5.75 Å². The smallest absolute Gasteiger partial charge is 0.338 e. The molecule has 1 aromatic rings. The van der Waals surface area contributed by atoms with E-state index in [4.69, 9.17) is 4.74 Å². The number of benzene rings is 1. The molecule has 1 aromatic carbocycles. The molecule has 0 aliphatic carbocycles. The number of alkyl halides is 2. The summed E-state index contributed by atoms with van der Waals surface area (Å²) in [7, 11) is 0.